The number of carbonyl (C=O) groups is 1. The van der Waals surface area contributed by atoms with Gasteiger partial charge in [0.1, 0.15) is 11.4 Å². The van der Waals surface area contributed by atoms with Gasteiger partial charge < -0.3 is 20.5 Å². The molecule has 3 N–H and O–H groups in total. The number of phenolic OH excluding ortho intramolecular Hbond substituents is 1. The van der Waals surface area contributed by atoms with Crippen molar-refractivity contribution in [2.45, 2.75) is 51.7 Å². The Kier molecular flexibility index (Phi) is 5.29. The lowest BCUT2D eigenvalue weighted by Gasteiger charge is -2.20. The van der Waals surface area contributed by atoms with E-state index in [9.17, 15) is 9.90 Å². The third-order valence-electron chi connectivity index (χ3n) is 3.62. The number of aromatic hydroxyl groups is 1. The van der Waals surface area contributed by atoms with E-state index >= 15 is 0 Å². The summed E-state index contributed by atoms with van der Waals surface area (Å²) in [5.74, 6) is 0.334. The van der Waals surface area contributed by atoms with Crippen molar-refractivity contribution >= 4 is 6.09 Å². The fourth-order valence-corrected chi connectivity index (χ4v) is 2.69. The standard InChI is InChI=1S/C17H26N2O3/c1-17(2,3)22-16(21)19-10-4-9-18-15-8-5-12-11-13(20)6-7-14(12)15/h6-7,11,15,18,20H,4-5,8-10H2,1-3H3,(H,19,21). The first-order valence-electron chi connectivity index (χ1n) is 7.87. The van der Waals surface area contributed by atoms with Crippen LogP contribution in [0.3, 0.4) is 0 Å². The van der Waals surface area contributed by atoms with Crippen molar-refractivity contribution in [1.29, 1.82) is 0 Å². The zero-order valence-electron chi connectivity index (χ0n) is 13.6. The predicted molar refractivity (Wildman–Crippen MR) is 86.0 cm³/mol. The van der Waals surface area contributed by atoms with Crippen LogP contribution >= 0.6 is 0 Å². The van der Waals surface area contributed by atoms with Crippen LogP contribution < -0.4 is 10.6 Å². The number of carbonyl (C=O) groups excluding carboxylic acids is 1. The van der Waals surface area contributed by atoms with Crippen molar-refractivity contribution < 1.29 is 14.6 Å². The predicted octanol–water partition coefficient (Wildman–Crippen LogP) is 2.88. The van der Waals surface area contributed by atoms with E-state index in [0.29, 0.717) is 18.3 Å². The minimum atomic E-state index is -0.457. The molecule has 122 valence electrons. The Morgan fingerprint density at radius 2 is 2.14 bits per heavy atom. The topological polar surface area (TPSA) is 70.6 Å². The second-order valence-electron chi connectivity index (χ2n) is 6.71. The van der Waals surface area contributed by atoms with Gasteiger partial charge in [-0.05, 0) is 69.8 Å². The number of alkyl carbamates (subject to hydrolysis) is 1. The molecule has 0 saturated carbocycles. The van der Waals surface area contributed by atoms with E-state index in [1.807, 2.05) is 32.9 Å². The van der Waals surface area contributed by atoms with Crippen molar-refractivity contribution in [1.82, 2.24) is 10.6 Å². The summed E-state index contributed by atoms with van der Waals surface area (Å²) >= 11 is 0. The molecule has 22 heavy (non-hydrogen) atoms. The van der Waals surface area contributed by atoms with Crippen molar-refractivity contribution in [3.63, 3.8) is 0 Å². The summed E-state index contributed by atoms with van der Waals surface area (Å²) in [4.78, 5) is 11.5. The van der Waals surface area contributed by atoms with Crippen LogP contribution in [0.15, 0.2) is 18.2 Å². The highest BCUT2D eigenvalue weighted by molar-refractivity contribution is 5.67. The van der Waals surface area contributed by atoms with Crippen molar-refractivity contribution in [2.24, 2.45) is 0 Å². The number of amides is 1. The number of rotatable bonds is 5. The van der Waals surface area contributed by atoms with E-state index in [0.717, 1.165) is 25.8 Å². The quantitative estimate of drug-likeness (QED) is 0.732. The lowest BCUT2D eigenvalue weighted by atomic mass is 10.1. The monoisotopic (exact) mass is 306 g/mol. The Hall–Kier alpha value is -1.75. The number of ether oxygens (including phenoxy) is 1. The van der Waals surface area contributed by atoms with Crippen LogP contribution in [0.25, 0.3) is 0 Å². The largest absolute Gasteiger partial charge is 0.508 e. The molecule has 0 spiro atoms. The second kappa shape index (κ2) is 7.01. The number of benzene rings is 1. The molecular weight excluding hydrogens is 280 g/mol. The van der Waals surface area contributed by atoms with E-state index in [4.69, 9.17) is 4.74 Å². The first-order valence-corrected chi connectivity index (χ1v) is 7.87. The molecule has 1 aliphatic carbocycles. The van der Waals surface area contributed by atoms with Crippen molar-refractivity contribution in [3.8, 4) is 5.75 Å². The lowest BCUT2D eigenvalue weighted by molar-refractivity contribution is 0.0527. The van der Waals surface area contributed by atoms with Gasteiger partial charge in [-0.2, -0.15) is 0 Å². The summed E-state index contributed by atoms with van der Waals surface area (Å²) in [6.07, 6.45) is 2.54. The van der Waals surface area contributed by atoms with E-state index < -0.39 is 5.60 Å². The zero-order valence-corrected chi connectivity index (χ0v) is 13.6. The third-order valence-corrected chi connectivity index (χ3v) is 3.62. The van der Waals surface area contributed by atoms with Crippen LogP contribution in [-0.4, -0.2) is 29.9 Å². The number of fused-ring (bicyclic) bond motifs is 1. The Morgan fingerprint density at radius 1 is 1.36 bits per heavy atom. The van der Waals surface area contributed by atoms with Crippen LogP contribution in [0.1, 0.15) is 50.8 Å². The number of hydrogen-bond donors (Lipinski definition) is 3. The summed E-state index contributed by atoms with van der Waals surface area (Å²) in [6.45, 7) is 6.98. The SMILES string of the molecule is CC(C)(C)OC(=O)NCCCNC1CCc2cc(O)ccc21. The Morgan fingerprint density at radius 3 is 2.86 bits per heavy atom. The first kappa shape index (κ1) is 16.6. The summed E-state index contributed by atoms with van der Waals surface area (Å²) in [5, 5.41) is 15.8. The molecule has 5 nitrogen and oxygen atoms in total. The van der Waals surface area contributed by atoms with E-state index in [1.165, 1.54) is 11.1 Å². The summed E-state index contributed by atoms with van der Waals surface area (Å²) in [5.41, 5.74) is 2.05. The smallest absolute Gasteiger partial charge is 0.407 e. The number of nitrogens with one attached hydrogen (secondary N) is 2. The van der Waals surface area contributed by atoms with Gasteiger partial charge in [-0.15, -0.1) is 0 Å². The van der Waals surface area contributed by atoms with E-state index in [1.54, 1.807) is 6.07 Å². The second-order valence-corrected chi connectivity index (χ2v) is 6.71. The Balaban J connectivity index is 1.66. The van der Waals surface area contributed by atoms with Crippen molar-refractivity contribution in [2.75, 3.05) is 13.1 Å². The lowest BCUT2D eigenvalue weighted by Crippen LogP contribution is -2.34. The number of aryl methyl sites for hydroxylation is 1. The molecule has 0 aliphatic heterocycles. The van der Waals surface area contributed by atoms with Gasteiger partial charge in [0, 0.05) is 12.6 Å². The maximum absolute atomic E-state index is 11.5. The molecule has 1 amide bonds. The molecule has 5 heteroatoms. The van der Waals surface area contributed by atoms with Gasteiger partial charge in [-0.25, -0.2) is 4.79 Å². The highest BCUT2D eigenvalue weighted by Gasteiger charge is 2.21. The van der Waals surface area contributed by atoms with Gasteiger partial charge in [-0.3, -0.25) is 0 Å². The molecule has 1 atom stereocenters. The van der Waals surface area contributed by atoms with Gasteiger partial charge in [0.15, 0.2) is 0 Å². The van der Waals surface area contributed by atoms with Gasteiger partial charge >= 0.3 is 6.09 Å². The van der Waals surface area contributed by atoms with Gasteiger partial charge in [0.05, 0.1) is 0 Å². The van der Waals surface area contributed by atoms with Gasteiger partial charge in [-0.1, -0.05) is 6.07 Å². The molecule has 2 rings (SSSR count). The molecule has 1 unspecified atom stereocenters. The molecule has 0 fully saturated rings. The molecule has 0 radical (unpaired) electrons. The third kappa shape index (κ3) is 4.91. The van der Waals surface area contributed by atoms with Gasteiger partial charge in [0.25, 0.3) is 0 Å². The van der Waals surface area contributed by atoms with Crippen LogP contribution in [0, 0.1) is 0 Å². The van der Waals surface area contributed by atoms with Crippen LogP contribution in [0.5, 0.6) is 5.75 Å². The van der Waals surface area contributed by atoms with E-state index in [-0.39, 0.29) is 6.09 Å². The highest BCUT2D eigenvalue weighted by atomic mass is 16.6. The molecule has 1 aromatic carbocycles. The van der Waals surface area contributed by atoms with Gasteiger partial charge in [0.2, 0.25) is 0 Å². The summed E-state index contributed by atoms with van der Waals surface area (Å²) < 4.78 is 5.18. The number of phenols is 1. The van der Waals surface area contributed by atoms with E-state index in [2.05, 4.69) is 10.6 Å². The number of hydrogen-bond acceptors (Lipinski definition) is 4. The fraction of sp³-hybridized carbons (Fsp3) is 0.588. The average molecular weight is 306 g/mol. The molecule has 0 bridgehead atoms. The van der Waals surface area contributed by atoms with Crippen LogP contribution in [0.4, 0.5) is 4.79 Å². The summed E-state index contributed by atoms with van der Waals surface area (Å²) in [7, 11) is 0. The zero-order chi connectivity index (χ0) is 16.2. The van der Waals surface area contributed by atoms with Crippen LogP contribution in [0.2, 0.25) is 0 Å². The van der Waals surface area contributed by atoms with Crippen molar-refractivity contribution in [3.05, 3.63) is 29.3 Å². The molecule has 0 aromatic heterocycles. The molecule has 1 aliphatic rings. The minimum absolute atomic E-state index is 0.334. The maximum Gasteiger partial charge on any atom is 0.407 e. The van der Waals surface area contributed by atoms with Crippen LogP contribution in [-0.2, 0) is 11.2 Å². The normalized spacial score (nSPS) is 17.1. The molecule has 0 saturated heterocycles. The molecule has 0 heterocycles. The fourth-order valence-electron chi connectivity index (χ4n) is 2.69. The maximum atomic E-state index is 11.5. The highest BCUT2D eigenvalue weighted by Crippen LogP contribution is 2.33. The Bertz CT molecular complexity index is 523. The minimum Gasteiger partial charge on any atom is -0.508 e. The molecule has 1 aromatic rings. The first-order chi connectivity index (χ1) is 10.3. The summed E-state index contributed by atoms with van der Waals surface area (Å²) in [6, 6.07) is 5.93. The Labute approximate surface area is 132 Å². The average Bonchev–Trinajstić information content (AvgIpc) is 2.78. The molecular formula is C17H26N2O3.